The van der Waals surface area contributed by atoms with Gasteiger partial charge in [0.05, 0.1) is 21.3 Å². The van der Waals surface area contributed by atoms with Crippen LogP contribution in [-0.2, 0) is 14.3 Å². The molecule has 0 spiro atoms. The van der Waals surface area contributed by atoms with Crippen LogP contribution in [0.5, 0.6) is 17.2 Å². The Kier molecular flexibility index (Phi) is 8.36. The molecule has 0 bridgehead atoms. The average molecular weight is 405 g/mol. The van der Waals surface area contributed by atoms with Crippen LogP contribution >= 0.6 is 0 Å². The van der Waals surface area contributed by atoms with Crippen molar-refractivity contribution in [1.82, 2.24) is 5.32 Å². The Labute approximate surface area is 172 Å². The highest BCUT2D eigenvalue weighted by atomic mass is 16.5. The second kappa shape index (κ2) is 10.7. The molecule has 7 nitrogen and oxygen atoms in total. The van der Waals surface area contributed by atoms with Crippen LogP contribution < -0.4 is 19.5 Å². The van der Waals surface area contributed by atoms with Crippen LogP contribution in [0.1, 0.15) is 45.1 Å². The molecule has 0 heterocycles. The van der Waals surface area contributed by atoms with Gasteiger partial charge in [0.1, 0.15) is 0 Å². The van der Waals surface area contributed by atoms with Gasteiger partial charge in [0, 0.05) is 12.1 Å². The van der Waals surface area contributed by atoms with Gasteiger partial charge in [-0.05, 0) is 49.5 Å². The van der Waals surface area contributed by atoms with Crippen LogP contribution in [0.25, 0.3) is 6.08 Å². The van der Waals surface area contributed by atoms with E-state index in [9.17, 15) is 9.59 Å². The standard InChI is InChI=1S/C22H31NO6/c1-14-8-6-7-9-17(14)23-22(25)15(2)29-20(24)11-10-16-12-18(26-3)21(28-5)19(13-16)27-4/h10-15,17H,6-9H2,1-5H3,(H,23,25)/b11-10+/t14-,15+,17+/m0/s1. The van der Waals surface area contributed by atoms with Crippen LogP contribution in [-0.4, -0.2) is 45.4 Å². The van der Waals surface area contributed by atoms with Gasteiger partial charge in [0.15, 0.2) is 17.6 Å². The molecule has 0 radical (unpaired) electrons. The summed E-state index contributed by atoms with van der Waals surface area (Å²) in [5.41, 5.74) is 0.671. The van der Waals surface area contributed by atoms with Crippen molar-refractivity contribution in [3.05, 3.63) is 23.8 Å². The number of benzene rings is 1. The molecule has 1 N–H and O–H groups in total. The zero-order valence-electron chi connectivity index (χ0n) is 17.8. The minimum Gasteiger partial charge on any atom is -0.493 e. The molecule has 1 fully saturated rings. The molecule has 1 aliphatic carbocycles. The molecule has 1 aliphatic rings. The zero-order valence-corrected chi connectivity index (χ0v) is 17.8. The number of esters is 1. The fourth-order valence-electron chi connectivity index (χ4n) is 3.46. The van der Waals surface area contributed by atoms with Gasteiger partial charge in [-0.2, -0.15) is 0 Å². The fourth-order valence-corrected chi connectivity index (χ4v) is 3.46. The third-order valence-corrected chi connectivity index (χ3v) is 5.20. The first-order valence-corrected chi connectivity index (χ1v) is 9.88. The molecule has 1 aromatic carbocycles. The maximum absolute atomic E-state index is 12.3. The van der Waals surface area contributed by atoms with Crippen molar-refractivity contribution in [2.45, 2.75) is 51.7 Å². The zero-order chi connectivity index (χ0) is 21.4. The first-order chi connectivity index (χ1) is 13.9. The monoisotopic (exact) mass is 405 g/mol. The Balaban J connectivity index is 1.97. The molecule has 0 aromatic heterocycles. The van der Waals surface area contributed by atoms with Crippen molar-refractivity contribution < 1.29 is 28.5 Å². The summed E-state index contributed by atoms with van der Waals surface area (Å²) in [6.07, 6.45) is 6.37. The van der Waals surface area contributed by atoms with Crippen molar-refractivity contribution in [3.63, 3.8) is 0 Å². The summed E-state index contributed by atoms with van der Waals surface area (Å²) in [7, 11) is 4.56. The van der Waals surface area contributed by atoms with Gasteiger partial charge in [-0.1, -0.05) is 19.8 Å². The van der Waals surface area contributed by atoms with Crippen molar-refractivity contribution in [1.29, 1.82) is 0 Å². The molecule has 1 saturated carbocycles. The van der Waals surface area contributed by atoms with E-state index in [4.69, 9.17) is 18.9 Å². The van der Waals surface area contributed by atoms with Crippen molar-refractivity contribution in [3.8, 4) is 17.2 Å². The summed E-state index contributed by atoms with van der Waals surface area (Å²) in [6.45, 7) is 3.72. The highest BCUT2D eigenvalue weighted by Crippen LogP contribution is 2.38. The van der Waals surface area contributed by atoms with Gasteiger partial charge in [-0.15, -0.1) is 0 Å². The molecule has 7 heteroatoms. The van der Waals surface area contributed by atoms with Gasteiger partial charge in [0.2, 0.25) is 5.75 Å². The molecule has 1 aromatic rings. The van der Waals surface area contributed by atoms with E-state index in [-0.39, 0.29) is 11.9 Å². The number of hydrogen-bond acceptors (Lipinski definition) is 6. The van der Waals surface area contributed by atoms with Crippen LogP contribution in [0.2, 0.25) is 0 Å². The molecule has 0 saturated heterocycles. The third-order valence-electron chi connectivity index (χ3n) is 5.20. The third kappa shape index (κ3) is 6.14. The van der Waals surface area contributed by atoms with Crippen LogP contribution in [0, 0.1) is 5.92 Å². The smallest absolute Gasteiger partial charge is 0.331 e. The van der Waals surface area contributed by atoms with Crippen molar-refractivity contribution in [2.24, 2.45) is 5.92 Å². The largest absolute Gasteiger partial charge is 0.493 e. The number of rotatable bonds is 8. The Morgan fingerprint density at radius 1 is 1.07 bits per heavy atom. The van der Waals surface area contributed by atoms with E-state index in [1.165, 1.54) is 33.8 Å². The summed E-state index contributed by atoms with van der Waals surface area (Å²) in [6, 6.07) is 3.57. The maximum atomic E-state index is 12.3. The Bertz CT molecular complexity index is 720. The summed E-state index contributed by atoms with van der Waals surface area (Å²) >= 11 is 0. The second-order valence-corrected chi connectivity index (χ2v) is 7.25. The number of hydrogen-bond donors (Lipinski definition) is 1. The number of methoxy groups -OCH3 is 3. The molecule has 29 heavy (non-hydrogen) atoms. The van der Waals surface area contributed by atoms with E-state index in [1.807, 2.05) is 0 Å². The second-order valence-electron chi connectivity index (χ2n) is 7.25. The SMILES string of the molecule is COc1cc(/C=C/C(=O)O[C@H](C)C(=O)N[C@@H]2CCCC[C@@H]2C)cc(OC)c1OC. The lowest BCUT2D eigenvalue weighted by molar-refractivity contribution is -0.150. The summed E-state index contributed by atoms with van der Waals surface area (Å²) in [5, 5.41) is 3.00. The van der Waals surface area contributed by atoms with E-state index in [0.29, 0.717) is 28.7 Å². The Morgan fingerprint density at radius 2 is 1.69 bits per heavy atom. The first-order valence-electron chi connectivity index (χ1n) is 9.88. The summed E-state index contributed by atoms with van der Waals surface area (Å²) in [4.78, 5) is 24.5. The molecule has 0 unspecified atom stereocenters. The van der Waals surface area contributed by atoms with Gasteiger partial charge < -0.3 is 24.3 Å². The molecular formula is C22H31NO6. The maximum Gasteiger partial charge on any atom is 0.331 e. The highest BCUT2D eigenvalue weighted by molar-refractivity contribution is 5.90. The van der Waals surface area contributed by atoms with Gasteiger partial charge >= 0.3 is 5.97 Å². The van der Waals surface area contributed by atoms with Crippen LogP contribution in [0.4, 0.5) is 0 Å². The first kappa shape index (κ1) is 22.6. The van der Waals surface area contributed by atoms with Crippen molar-refractivity contribution in [2.75, 3.05) is 21.3 Å². The number of carbonyl (C=O) groups excluding carboxylic acids is 2. The Morgan fingerprint density at radius 3 is 2.24 bits per heavy atom. The predicted molar refractivity (Wildman–Crippen MR) is 110 cm³/mol. The van der Waals surface area contributed by atoms with E-state index in [1.54, 1.807) is 25.1 Å². The molecule has 3 atom stereocenters. The summed E-state index contributed by atoms with van der Waals surface area (Å²) in [5.74, 6) is 1.01. The normalized spacial score (nSPS) is 20.0. The average Bonchev–Trinajstić information content (AvgIpc) is 2.72. The van der Waals surface area contributed by atoms with E-state index in [0.717, 1.165) is 19.3 Å². The Hall–Kier alpha value is -2.70. The van der Waals surface area contributed by atoms with E-state index < -0.39 is 12.1 Å². The van der Waals surface area contributed by atoms with Gasteiger partial charge in [0.25, 0.3) is 5.91 Å². The minimum absolute atomic E-state index is 0.146. The highest BCUT2D eigenvalue weighted by Gasteiger charge is 2.26. The molecule has 0 aliphatic heterocycles. The van der Waals surface area contributed by atoms with E-state index in [2.05, 4.69) is 12.2 Å². The van der Waals surface area contributed by atoms with Crippen molar-refractivity contribution >= 4 is 18.0 Å². The molecule has 160 valence electrons. The number of amides is 1. The molecule has 1 amide bonds. The van der Waals surface area contributed by atoms with Crippen LogP contribution in [0.3, 0.4) is 0 Å². The minimum atomic E-state index is -0.860. The van der Waals surface area contributed by atoms with Gasteiger partial charge in [-0.25, -0.2) is 4.79 Å². The lowest BCUT2D eigenvalue weighted by Crippen LogP contribution is -2.45. The fraction of sp³-hybridized carbons (Fsp3) is 0.545. The van der Waals surface area contributed by atoms with Gasteiger partial charge in [-0.3, -0.25) is 4.79 Å². The topological polar surface area (TPSA) is 83.1 Å². The summed E-state index contributed by atoms with van der Waals surface area (Å²) < 4.78 is 21.1. The predicted octanol–water partition coefficient (Wildman–Crippen LogP) is 3.35. The number of nitrogens with one attached hydrogen (secondary N) is 1. The van der Waals surface area contributed by atoms with Crippen LogP contribution in [0.15, 0.2) is 18.2 Å². The number of ether oxygens (including phenoxy) is 4. The quantitative estimate of drug-likeness (QED) is 0.528. The molecular weight excluding hydrogens is 374 g/mol. The van der Waals surface area contributed by atoms with E-state index >= 15 is 0 Å². The molecule has 2 rings (SSSR count). The lowest BCUT2D eigenvalue weighted by Gasteiger charge is -2.30. The number of carbonyl (C=O) groups is 2. The lowest BCUT2D eigenvalue weighted by atomic mass is 9.86.